The van der Waals surface area contributed by atoms with E-state index in [2.05, 4.69) is 20.0 Å². The maximum atomic E-state index is 10.8. The molecule has 1 heterocycles. The van der Waals surface area contributed by atoms with Crippen molar-refractivity contribution in [1.82, 2.24) is 9.97 Å². The second-order valence-electron chi connectivity index (χ2n) is 6.86. The third kappa shape index (κ3) is 4.25. The van der Waals surface area contributed by atoms with Crippen molar-refractivity contribution in [3.05, 3.63) is 48.3 Å². The van der Waals surface area contributed by atoms with Gasteiger partial charge in [-0.3, -0.25) is 4.21 Å². The van der Waals surface area contributed by atoms with E-state index in [1.807, 2.05) is 24.3 Å². The summed E-state index contributed by atoms with van der Waals surface area (Å²) in [7, 11) is 3.19. The van der Waals surface area contributed by atoms with Crippen molar-refractivity contribution >= 4 is 33.7 Å². The van der Waals surface area contributed by atoms with Crippen LogP contribution in [-0.4, -0.2) is 32.9 Å². The summed E-state index contributed by atoms with van der Waals surface area (Å²) in [4.78, 5) is 8.81. The Morgan fingerprint density at radius 1 is 1.10 bits per heavy atom. The van der Waals surface area contributed by atoms with Crippen LogP contribution in [0.1, 0.15) is 24.4 Å². The van der Waals surface area contributed by atoms with E-state index in [-0.39, 0.29) is 6.04 Å². The van der Waals surface area contributed by atoms with E-state index >= 15 is 0 Å². The van der Waals surface area contributed by atoms with Crippen LogP contribution >= 0.6 is 0 Å². The molecule has 29 heavy (non-hydrogen) atoms. The summed E-state index contributed by atoms with van der Waals surface area (Å²) in [6.07, 6.45) is 3.78. The molecule has 0 spiro atoms. The molecule has 1 saturated carbocycles. The number of ether oxygens (including phenoxy) is 2. The molecule has 2 N–H and O–H groups in total. The summed E-state index contributed by atoms with van der Waals surface area (Å²) in [6, 6.07) is 11.1. The van der Waals surface area contributed by atoms with Gasteiger partial charge in [0, 0.05) is 28.4 Å². The first-order valence-corrected chi connectivity index (χ1v) is 10.3. The molecule has 2 atom stereocenters. The molecule has 0 amide bonds. The first kappa shape index (κ1) is 19.4. The highest BCUT2D eigenvalue weighted by Crippen LogP contribution is 2.44. The minimum atomic E-state index is -2.34. The molecule has 0 radical (unpaired) electrons. The molecule has 9 heteroatoms. The molecule has 1 aromatic heterocycles. The number of fused-ring (bicyclic) bond motifs is 1. The largest absolute Gasteiger partial charge is 0.755 e. The molecule has 0 bridgehead atoms. The van der Waals surface area contributed by atoms with Gasteiger partial charge < -0.3 is 24.1 Å². The molecular formula is C20H21N4O4S-. The first-order chi connectivity index (χ1) is 14.1. The van der Waals surface area contributed by atoms with Gasteiger partial charge in [0.25, 0.3) is 0 Å². The molecule has 1 aliphatic carbocycles. The highest BCUT2D eigenvalue weighted by molar-refractivity contribution is 7.80. The van der Waals surface area contributed by atoms with E-state index < -0.39 is 11.3 Å². The number of hydrogen-bond acceptors (Lipinski definition) is 7. The summed E-state index contributed by atoms with van der Waals surface area (Å²) in [5.41, 5.74) is 2.36. The van der Waals surface area contributed by atoms with Crippen LogP contribution in [0.5, 0.6) is 11.5 Å². The highest BCUT2D eigenvalue weighted by atomic mass is 32.2. The standard InChI is InChI=1S/C20H22N4O4S/c1-27-17-9-15-16(10-18(17)28-2)21-11-22-20(15)23-19(12-3-4-12)13-5-7-14(8-6-13)24-29(25)26/h5-12,19,24H,3-4H2,1-2H3,(H,25,26)(H,21,22,23)/p-1. The van der Waals surface area contributed by atoms with Crippen LogP contribution in [0.25, 0.3) is 10.9 Å². The van der Waals surface area contributed by atoms with Crippen molar-refractivity contribution in [2.24, 2.45) is 5.92 Å². The second-order valence-corrected chi connectivity index (χ2v) is 7.54. The van der Waals surface area contributed by atoms with Crippen LogP contribution < -0.4 is 19.5 Å². The third-order valence-corrected chi connectivity index (χ3v) is 5.40. The van der Waals surface area contributed by atoms with Gasteiger partial charge in [0.1, 0.15) is 12.1 Å². The third-order valence-electron chi connectivity index (χ3n) is 5.00. The van der Waals surface area contributed by atoms with Gasteiger partial charge in [-0.25, -0.2) is 9.97 Å². The van der Waals surface area contributed by atoms with E-state index in [1.54, 1.807) is 26.4 Å². The van der Waals surface area contributed by atoms with Crippen molar-refractivity contribution in [2.75, 3.05) is 24.3 Å². The lowest BCUT2D eigenvalue weighted by molar-refractivity contribution is 0.356. The fourth-order valence-electron chi connectivity index (χ4n) is 3.40. The van der Waals surface area contributed by atoms with E-state index in [0.717, 1.165) is 35.1 Å². The van der Waals surface area contributed by atoms with Gasteiger partial charge in [0.15, 0.2) is 11.5 Å². The zero-order valence-corrected chi connectivity index (χ0v) is 16.9. The highest BCUT2D eigenvalue weighted by Gasteiger charge is 2.33. The van der Waals surface area contributed by atoms with Gasteiger partial charge >= 0.3 is 0 Å². The van der Waals surface area contributed by atoms with Gasteiger partial charge in [-0.05, 0) is 42.5 Å². The Kier molecular flexibility index (Phi) is 5.50. The van der Waals surface area contributed by atoms with Gasteiger partial charge in [0.2, 0.25) is 0 Å². The lowest BCUT2D eigenvalue weighted by Gasteiger charge is -2.21. The monoisotopic (exact) mass is 413 g/mol. The summed E-state index contributed by atoms with van der Waals surface area (Å²) >= 11 is -2.34. The van der Waals surface area contributed by atoms with Crippen LogP contribution in [0.3, 0.4) is 0 Å². The Bertz CT molecular complexity index is 1040. The topological polar surface area (TPSA) is 108 Å². The number of benzene rings is 2. The molecule has 0 aliphatic heterocycles. The summed E-state index contributed by atoms with van der Waals surface area (Å²) < 4.78 is 34.8. The molecule has 1 fully saturated rings. The molecule has 152 valence electrons. The Hall–Kier alpha value is -2.91. The maximum absolute atomic E-state index is 10.8. The van der Waals surface area contributed by atoms with E-state index in [1.165, 1.54) is 6.33 Å². The average molecular weight is 413 g/mol. The van der Waals surface area contributed by atoms with E-state index in [0.29, 0.717) is 23.1 Å². The van der Waals surface area contributed by atoms with Gasteiger partial charge in [-0.1, -0.05) is 12.1 Å². The molecule has 3 aromatic rings. The fourth-order valence-corrected chi connectivity index (χ4v) is 3.73. The molecule has 8 nitrogen and oxygen atoms in total. The smallest absolute Gasteiger partial charge is 0.162 e. The maximum Gasteiger partial charge on any atom is 0.162 e. The Morgan fingerprint density at radius 2 is 1.79 bits per heavy atom. The molecule has 4 rings (SSSR count). The van der Waals surface area contributed by atoms with Crippen LogP contribution in [0.15, 0.2) is 42.7 Å². The van der Waals surface area contributed by atoms with Crippen molar-refractivity contribution < 1.29 is 18.2 Å². The number of anilines is 2. The molecule has 0 saturated heterocycles. The van der Waals surface area contributed by atoms with Crippen LogP contribution in [0.2, 0.25) is 0 Å². The van der Waals surface area contributed by atoms with Crippen molar-refractivity contribution in [1.29, 1.82) is 0 Å². The number of rotatable bonds is 8. The number of methoxy groups -OCH3 is 2. The molecular weight excluding hydrogens is 392 g/mol. The van der Waals surface area contributed by atoms with E-state index in [4.69, 9.17) is 9.47 Å². The normalized spacial score (nSPS) is 15.6. The predicted molar refractivity (Wildman–Crippen MR) is 111 cm³/mol. The zero-order chi connectivity index (χ0) is 20.4. The Balaban J connectivity index is 1.67. The number of aromatic nitrogens is 2. The minimum Gasteiger partial charge on any atom is -0.755 e. The van der Waals surface area contributed by atoms with Gasteiger partial charge in [-0.15, -0.1) is 0 Å². The van der Waals surface area contributed by atoms with Crippen molar-refractivity contribution in [3.8, 4) is 11.5 Å². The van der Waals surface area contributed by atoms with Crippen molar-refractivity contribution in [2.45, 2.75) is 18.9 Å². The van der Waals surface area contributed by atoms with Crippen LogP contribution in [0, 0.1) is 5.92 Å². The first-order valence-electron chi connectivity index (χ1n) is 9.18. The molecule has 2 unspecified atom stereocenters. The van der Waals surface area contributed by atoms with Gasteiger partial charge in [-0.2, -0.15) is 0 Å². The summed E-state index contributed by atoms with van der Waals surface area (Å²) in [6.45, 7) is 0. The number of nitrogens with one attached hydrogen (secondary N) is 2. The minimum absolute atomic E-state index is 0.0630. The Labute approximate surface area is 171 Å². The quantitative estimate of drug-likeness (QED) is 0.545. The lowest BCUT2D eigenvalue weighted by Crippen LogP contribution is -2.14. The second kappa shape index (κ2) is 8.22. The summed E-state index contributed by atoms with van der Waals surface area (Å²) in [5, 5.41) is 4.40. The molecule has 2 aromatic carbocycles. The van der Waals surface area contributed by atoms with Crippen LogP contribution in [-0.2, 0) is 11.3 Å². The Morgan fingerprint density at radius 3 is 2.41 bits per heavy atom. The summed E-state index contributed by atoms with van der Waals surface area (Å²) in [5.74, 6) is 2.44. The predicted octanol–water partition coefficient (Wildman–Crippen LogP) is 3.42. The number of hydrogen-bond donors (Lipinski definition) is 2. The number of nitrogens with zero attached hydrogens (tertiary/aromatic N) is 2. The van der Waals surface area contributed by atoms with E-state index in [9.17, 15) is 8.76 Å². The molecule has 1 aliphatic rings. The lowest BCUT2D eigenvalue weighted by atomic mass is 10.0. The fraction of sp³-hybridized carbons (Fsp3) is 0.300. The zero-order valence-electron chi connectivity index (χ0n) is 16.0. The van der Waals surface area contributed by atoms with Crippen molar-refractivity contribution in [3.63, 3.8) is 0 Å². The SMILES string of the molecule is COc1cc2ncnc(NC(c3ccc(NS(=O)[O-])cc3)C3CC3)c2cc1OC. The average Bonchev–Trinajstić information content (AvgIpc) is 3.56. The van der Waals surface area contributed by atoms with Crippen LogP contribution in [0.4, 0.5) is 11.5 Å². The van der Waals surface area contributed by atoms with Gasteiger partial charge in [0.05, 0.1) is 25.8 Å².